The molecule has 1 atom stereocenters. The van der Waals surface area contributed by atoms with Crippen molar-refractivity contribution >= 4 is 5.91 Å². The van der Waals surface area contributed by atoms with Gasteiger partial charge in [-0.25, -0.2) is 0 Å². The van der Waals surface area contributed by atoms with Crippen molar-refractivity contribution in [2.45, 2.75) is 45.3 Å². The summed E-state index contributed by atoms with van der Waals surface area (Å²) in [5, 5.41) is 16.0. The average Bonchev–Trinajstić information content (AvgIpc) is 3.22. The smallest absolute Gasteiger partial charge is 0.234 e. The fourth-order valence-corrected chi connectivity index (χ4v) is 2.29. The number of rotatable bonds is 8. The SMILES string of the molecule is CC(C)Cc1ccc(C(O)CNCC(=O)NC2CC2)cc1. The highest BCUT2D eigenvalue weighted by Gasteiger charge is 2.22. The van der Waals surface area contributed by atoms with Crippen LogP contribution in [0.1, 0.15) is 43.9 Å². The Balaban J connectivity index is 1.71. The second-order valence-electron chi connectivity index (χ2n) is 6.33. The van der Waals surface area contributed by atoms with Crippen LogP contribution in [0.15, 0.2) is 24.3 Å². The van der Waals surface area contributed by atoms with Crippen molar-refractivity contribution in [3.05, 3.63) is 35.4 Å². The molecule has 1 amide bonds. The summed E-state index contributed by atoms with van der Waals surface area (Å²) >= 11 is 0. The molecule has 0 radical (unpaired) electrons. The second-order valence-corrected chi connectivity index (χ2v) is 6.33. The summed E-state index contributed by atoms with van der Waals surface area (Å²) in [6, 6.07) is 8.46. The molecule has 0 saturated heterocycles. The van der Waals surface area contributed by atoms with Crippen molar-refractivity contribution in [2.75, 3.05) is 13.1 Å². The number of nitrogens with one attached hydrogen (secondary N) is 2. The van der Waals surface area contributed by atoms with Crippen molar-refractivity contribution in [3.8, 4) is 0 Å². The Bertz CT molecular complexity index is 452. The quantitative estimate of drug-likeness (QED) is 0.684. The number of carbonyl (C=O) groups is 1. The summed E-state index contributed by atoms with van der Waals surface area (Å²) in [4.78, 5) is 11.5. The molecule has 0 bridgehead atoms. The minimum Gasteiger partial charge on any atom is -0.387 e. The predicted octanol–water partition coefficient (Wildman–Crippen LogP) is 1.79. The highest BCUT2D eigenvalue weighted by atomic mass is 16.3. The predicted molar refractivity (Wildman–Crippen MR) is 84.0 cm³/mol. The van der Waals surface area contributed by atoms with Crippen molar-refractivity contribution in [1.29, 1.82) is 0 Å². The van der Waals surface area contributed by atoms with Crippen LogP contribution >= 0.6 is 0 Å². The van der Waals surface area contributed by atoms with E-state index in [1.807, 2.05) is 12.1 Å². The first-order valence-corrected chi connectivity index (χ1v) is 7.81. The van der Waals surface area contributed by atoms with Crippen LogP contribution in [-0.4, -0.2) is 30.1 Å². The number of amides is 1. The van der Waals surface area contributed by atoms with Gasteiger partial charge in [-0.1, -0.05) is 38.1 Å². The van der Waals surface area contributed by atoms with E-state index < -0.39 is 6.10 Å². The largest absolute Gasteiger partial charge is 0.387 e. The fraction of sp³-hybridized carbons (Fsp3) is 0.588. The molecular formula is C17H26N2O2. The molecule has 4 heteroatoms. The molecule has 1 aliphatic rings. The van der Waals surface area contributed by atoms with Crippen LogP contribution < -0.4 is 10.6 Å². The number of hydrogen-bond donors (Lipinski definition) is 3. The number of benzene rings is 1. The maximum atomic E-state index is 11.5. The van der Waals surface area contributed by atoms with Gasteiger partial charge in [-0.2, -0.15) is 0 Å². The lowest BCUT2D eigenvalue weighted by molar-refractivity contribution is -0.120. The van der Waals surface area contributed by atoms with Crippen LogP contribution in [0.3, 0.4) is 0 Å². The molecule has 1 aromatic rings. The van der Waals surface area contributed by atoms with Crippen molar-refractivity contribution < 1.29 is 9.90 Å². The molecule has 0 aliphatic heterocycles. The lowest BCUT2D eigenvalue weighted by Crippen LogP contribution is -2.36. The Morgan fingerprint density at radius 3 is 2.52 bits per heavy atom. The van der Waals surface area contributed by atoms with Crippen LogP contribution in [0.25, 0.3) is 0 Å². The molecule has 0 aromatic heterocycles. The number of hydrogen-bond acceptors (Lipinski definition) is 3. The zero-order valence-corrected chi connectivity index (χ0v) is 12.9. The van der Waals surface area contributed by atoms with Crippen molar-refractivity contribution in [2.24, 2.45) is 5.92 Å². The Morgan fingerprint density at radius 2 is 1.95 bits per heavy atom. The maximum Gasteiger partial charge on any atom is 0.234 e. The molecule has 1 aliphatic carbocycles. The molecule has 0 spiro atoms. The van der Waals surface area contributed by atoms with E-state index in [4.69, 9.17) is 0 Å². The number of carbonyl (C=O) groups excluding carboxylic acids is 1. The molecule has 1 fully saturated rings. The van der Waals surface area contributed by atoms with Gasteiger partial charge in [0.2, 0.25) is 5.91 Å². The third-order valence-electron chi connectivity index (χ3n) is 3.57. The standard InChI is InChI=1S/C17H26N2O2/c1-12(2)9-13-3-5-14(6-4-13)16(20)10-18-11-17(21)19-15-7-8-15/h3-6,12,15-16,18,20H,7-11H2,1-2H3,(H,19,21). The van der Waals surface area contributed by atoms with E-state index >= 15 is 0 Å². The summed E-state index contributed by atoms with van der Waals surface area (Å²) < 4.78 is 0. The van der Waals surface area contributed by atoms with E-state index in [1.165, 1.54) is 5.56 Å². The summed E-state index contributed by atoms with van der Waals surface area (Å²) in [7, 11) is 0. The maximum absolute atomic E-state index is 11.5. The second kappa shape index (κ2) is 7.57. The van der Waals surface area contributed by atoms with Gasteiger partial charge in [-0.3, -0.25) is 4.79 Å². The number of aliphatic hydroxyl groups is 1. The van der Waals surface area contributed by atoms with Gasteiger partial charge in [0.25, 0.3) is 0 Å². The topological polar surface area (TPSA) is 61.4 Å². The molecule has 2 rings (SSSR count). The van der Waals surface area contributed by atoms with Gasteiger partial charge in [0.05, 0.1) is 12.6 Å². The van der Waals surface area contributed by atoms with Crippen LogP contribution in [0.4, 0.5) is 0 Å². The van der Waals surface area contributed by atoms with E-state index in [0.29, 0.717) is 18.5 Å². The first kappa shape index (κ1) is 16.0. The third-order valence-corrected chi connectivity index (χ3v) is 3.57. The molecule has 1 unspecified atom stereocenters. The normalized spacial score (nSPS) is 16.0. The zero-order chi connectivity index (χ0) is 15.2. The van der Waals surface area contributed by atoms with Gasteiger partial charge in [0.1, 0.15) is 0 Å². The average molecular weight is 290 g/mol. The van der Waals surface area contributed by atoms with Gasteiger partial charge in [0, 0.05) is 12.6 Å². The van der Waals surface area contributed by atoms with Gasteiger partial charge >= 0.3 is 0 Å². The fourth-order valence-electron chi connectivity index (χ4n) is 2.29. The first-order chi connectivity index (χ1) is 10.0. The van der Waals surface area contributed by atoms with E-state index in [-0.39, 0.29) is 12.5 Å². The van der Waals surface area contributed by atoms with E-state index in [0.717, 1.165) is 24.8 Å². The van der Waals surface area contributed by atoms with Crippen LogP contribution in [0, 0.1) is 5.92 Å². The van der Waals surface area contributed by atoms with E-state index in [2.05, 4.69) is 36.6 Å². The van der Waals surface area contributed by atoms with Crippen LogP contribution in [0.2, 0.25) is 0 Å². The van der Waals surface area contributed by atoms with Crippen LogP contribution in [0.5, 0.6) is 0 Å². The van der Waals surface area contributed by atoms with E-state index in [1.54, 1.807) is 0 Å². The first-order valence-electron chi connectivity index (χ1n) is 7.81. The zero-order valence-electron chi connectivity index (χ0n) is 12.9. The third kappa shape index (κ3) is 5.86. The molecular weight excluding hydrogens is 264 g/mol. The van der Waals surface area contributed by atoms with E-state index in [9.17, 15) is 9.90 Å². The lowest BCUT2D eigenvalue weighted by atomic mass is 10.0. The van der Waals surface area contributed by atoms with Crippen molar-refractivity contribution in [1.82, 2.24) is 10.6 Å². The van der Waals surface area contributed by atoms with Crippen LogP contribution in [-0.2, 0) is 11.2 Å². The Kier molecular flexibility index (Phi) is 5.76. The Hall–Kier alpha value is -1.39. The summed E-state index contributed by atoms with van der Waals surface area (Å²) in [5.41, 5.74) is 2.18. The molecule has 3 N–H and O–H groups in total. The minimum absolute atomic E-state index is 0.0111. The molecule has 21 heavy (non-hydrogen) atoms. The van der Waals surface area contributed by atoms with Gasteiger partial charge in [-0.15, -0.1) is 0 Å². The molecule has 4 nitrogen and oxygen atoms in total. The van der Waals surface area contributed by atoms with Crippen molar-refractivity contribution in [3.63, 3.8) is 0 Å². The molecule has 1 aromatic carbocycles. The highest BCUT2D eigenvalue weighted by molar-refractivity contribution is 5.78. The lowest BCUT2D eigenvalue weighted by Gasteiger charge is -2.13. The molecule has 0 heterocycles. The molecule has 1 saturated carbocycles. The Labute approximate surface area is 126 Å². The summed E-state index contributed by atoms with van der Waals surface area (Å²) in [6.45, 7) is 5.04. The van der Waals surface area contributed by atoms with Gasteiger partial charge in [0.15, 0.2) is 0 Å². The van der Waals surface area contributed by atoms with Gasteiger partial charge in [-0.05, 0) is 36.3 Å². The van der Waals surface area contributed by atoms with Gasteiger partial charge < -0.3 is 15.7 Å². The molecule has 116 valence electrons. The number of aliphatic hydroxyl groups excluding tert-OH is 1. The summed E-state index contributed by atoms with van der Waals surface area (Å²) in [6.07, 6.45) is 2.66. The summed E-state index contributed by atoms with van der Waals surface area (Å²) in [5.74, 6) is 0.643. The Morgan fingerprint density at radius 1 is 1.29 bits per heavy atom. The monoisotopic (exact) mass is 290 g/mol. The highest BCUT2D eigenvalue weighted by Crippen LogP contribution is 2.18. The minimum atomic E-state index is -0.577.